The molecule has 3 fully saturated rings. The van der Waals surface area contributed by atoms with Crippen LogP contribution in [0.25, 0.3) is 0 Å². The van der Waals surface area contributed by atoms with Gasteiger partial charge in [0, 0.05) is 21.1 Å². The zero-order valence-corrected chi connectivity index (χ0v) is 27.1. The summed E-state index contributed by atoms with van der Waals surface area (Å²) in [6.07, 6.45) is -3.88. The van der Waals surface area contributed by atoms with Crippen LogP contribution in [0.1, 0.15) is 28.3 Å². The molecule has 1 aromatic heterocycles. The van der Waals surface area contributed by atoms with Crippen LogP contribution in [0.5, 0.6) is 5.75 Å². The summed E-state index contributed by atoms with van der Waals surface area (Å²) < 4.78 is 45.6. The molecule has 7 atom stereocenters. The normalized spacial score (nSPS) is 27.1. The number of amides is 3. The highest BCUT2D eigenvalue weighted by atomic mass is 35.5. The summed E-state index contributed by atoms with van der Waals surface area (Å²) in [5.41, 5.74) is 0.0963. The zero-order chi connectivity index (χ0) is 33.5. The Morgan fingerprint density at radius 3 is 2.35 bits per heavy atom. The van der Waals surface area contributed by atoms with Crippen molar-refractivity contribution < 1.29 is 32.3 Å². The van der Waals surface area contributed by atoms with Gasteiger partial charge in [0.1, 0.15) is 5.75 Å². The maximum Gasteiger partial charge on any atom is 0.418 e. The SMILES string of the molecule is O=C(COc1ccc([C@@H]2c3sc(=O)[nH]c3S[C@@H]3[C@@H]4C[C@@H]([C@@H]5C(=O)N(c6ccc(Cl)cc6)C(=O)[C@@H]45)[C@H]23)cc1)Nc1ccccc1C(F)(F)F. The van der Waals surface area contributed by atoms with Gasteiger partial charge in [-0.1, -0.05) is 47.2 Å². The van der Waals surface area contributed by atoms with Crippen LogP contribution >= 0.6 is 34.7 Å². The summed E-state index contributed by atoms with van der Waals surface area (Å²) in [5, 5.41) is 3.57. The van der Waals surface area contributed by atoms with E-state index < -0.39 is 36.1 Å². The molecule has 2 N–H and O–H groups in total. The number of rotatable bonds is 6. The number of para-hydroxylation sites is 1. The van der Waals surface area contributed by atoms with Crippen molar-refractivity contribution in [1.29, 1.82) is 0 Å². The maximum atomic E-state index is 13.9. The summed E-state index contributed by atoms with van der Waals surface area (Å²) in [4.78, 5) is 57.7. The number of thiazole rings is 1. The number of hydrogen-bond donors (Lipinski definition) is 2. The smallest absolute Gasteiger partial charge is 0.418 e. The van der Waals surface area contributed by atoms with Gasteiger partial charge in [0.05, 0.1) is 33.8 Å². The molecule has 2 aliphatic heterocycles. The molecule has 2 saturated carbocycles. The topological polar surface area (TPSA) is 109 Å². The molecular weight excluding hydrogens is 687 g/mol. The summed E-state index contributed by atoms with van der Waals surface area (Å²) in [5.74, 6) is -2.00. The third-order valence-electron chi connectivity index (χ3n) is 9.92. The molecule has 3 amide bonds. The maximum absolute atomic E-state index is 13.9. The first-order valence-electron chi connectivity index (χ1n) is 15.2. The summed E-state index contributed by atoms with van der Waals surface area (Å²) in [6, 6.07) is 18.5. The Balaban J connectivity index is 1.03. The third kappa shape index (κ3) is 5.05. The van der Waals surface area contributed by atoms with Crippen molar-refractivity contribution in [2.75, 3.05) is 16.8 Å². The number of nitrogens with zero attached hydrogens (tertiary/aromatic N) is 1. The Hall–Kier alpha value is -4.07. The Morgan fingerprint density at radius 1 is 0.958 bits per heavy atom. The van der Waals surface area contributed by atoms with E-state index in [4.69, 9.17) is 16.3 Å². The van der Waals surface area contributed by atoms with E-state index in [9.17, 15) is 32.3 Å². The van der Waals surface area contributed by atoms with E-state index in [0.29, 0.717) is 16.5 Å². The monoisotopic (exact) mass is 711 g/mol. The van der Waals surface area contributed by atoms with Crippen molar-refractivity contribution in [3.8, 4) is 5.75 Å². The van der Waals surface area contributed by atoms with Crippen molar-refractivity contribution in [3.63, 3.8) is 0 Å². The minimum Gasteiger partial charge on any atom is -0.484 e. The van der Waals surface area contributed by atoms with Crippen LogP contribution in [0.2, 0.25) is 5.02 Å². The molecular formula is C34H25ClF3N3O5S2. The summed E-state index contributed by atoms with van der Waals surface area (Å²) in [7, 11) is 0. The predicted molar refractivity (Wildman–Crippen MR) is 174 cm³/mol. The summed E-state index contributed by atoms with van der Waals surface area (Å²) >= 11 is 8.80. The lowest BCUT2D eigenvalue weighted by Crippen LogP contribution is -2.42. The van der Waals surface area contributed by atoms with E-state index in [-0.39, 0.29) is 51.3 Å². The molecule has 2 bridgehead atoms. The van der Waals surface area contributed by atoms with E-state index in [0.717, 1.165) is 39.3 Å². The van der Waals surface area contributed by atoms with Gasteiger partial charge < -0.3 is 15.0 Å². The number of carbonyl (C=O) groups excluding carboxylic acids is 3. The van der Waals surface area contributed by atoms with Crippen molar-refractivity contribution in [3.05, 3.63) is 103 Å². The number of anilines is 2. The molecule has 8 nitrogen and oxygen atoms in total. The molecule has 4 aliphatic rings. The van der Waals surface area contributed by atoms with Gasteiger partial charge in [-0.3, -0.25) is 24.1 Å². The number of imide groups is 1. The Kier molecular flexibility index (Phi) is 7.49. The van der Waals surface area contributed by atoms with Gasteiger partial charge in [0.15, 0.2) is 6.61 Å². The van der Waals surface area contributed by atoms with Crippen LogP contribution in [0.4, 0.5) is 24.5 Å². The van der Waals surface area contributed by atoms with Crippen LogP contribution in [0.15, 0.2) is 82.6 Å². The Bertz CT molecular complexity index is 2020. The molecule has 0 unspecified atom stereocenters. The molecule has 3 heterocycles. The van der Waals surface area contributed by atoms with Crippen LogP contribution in [0.3, 0.4) is 0 Å². The Labute approximate surface area is 284 Å². The highest BCUT2D eigenvalue weighted by molar-refractivity contribution is 8.00. The number of halogens is 4. The lowest BCUT2D eigenvalue weighted by molar-refractivity contribution is -0.137. The van der Waals surface area contributed by atoms with Crippen molar-refractivity contribution in [1.82, 2.24) is 4.98 Å². The number of aromatic nitrogens is 1. The van der Waals surface area contributed by atoms with Gasteiger partial charge >= 0.3 is 11.0 Å². The molecule has 1 saturated heterocycles. The lowest BCUT2D eigenvalue weighted by Gasteiger charge is -2.43. The van der Waals surface area contributed by atoms with E-state index in [1.807, 2.05) is 12.1 Å². The number of alkyl halides is 3. The van der Waals surface area contributed by atoms with Crippen LogP contribution in [-0.2, 0) is 20.6 Å². The number of fused-ring (bicyclic) bond motifs is 9. The number of hydrogen-bond acceptors (Lipinski definition) is 7. The molecule has 4 aromatic rings. The second-order valence-electron chi connectivity index (χ2n) is 12.4. The van der Waals surface area contributed by atoms with Crippen molar-refractivity contribution in [2.45, 2.75) is 28.8 Å². The number of carbonyl (C=O) groups is 3. The average molecular weight is 712 g/mol. The summed E-state index contributed by atoms with van der Waals surface area (Å²) in [6.45, 7) is -0.507. The second-order valence-corrected chi connectivity index (χ2v) is 15.0. The second kappa shape index (κ2) is 11.5. The first-order chi connectivity index (χ1) is 23.0. The van der Waals surface area contributed by atoms with Gasteiger partial charge in [0.2, 0.25) is 11.8 Å². The molecule has 0 radical (unpaired) electrons. The average Bonchev–Trinajstić information content (AvgIpc) is 3.79. The number of nitrogens with one attached hydrogen (secondary N) is 2. The van der Waals surface area contributed by atoms with E-state index >= 15 is 0 Å². The fourth-order valence-electron chi connectivity index (χ4n) is 8.18. The quantitative estimate of drug-likeness (QED) is 0.213. The predicted octanol–water partition coefficient (Wildman–Crippen LogP) is 6.80. The fraction of sp³-hybridized carbons (Fsp3) is 0.294. The van der Waals surface area contributed by atoms with Gasteiger partial charge in [-0.05, 0) is 78.3 Å². The lowest BCUT2D eigenvalue weighted by atomic mass is 9.68. The third-order valence-corrected chi connectivity index (χ3v) is 12.8. The van der Waals surface area contributed by atoms with E-state index in [1.165, 1.54) is 23.1 Å². The molecule has 0 spiro atoms. The van der Waals surface area contributed by atoms with Gasteiger partial charge in [-0.25, -0.2) is 0 Å². The van der Waals surface area contributed by atoms with Gasteiger partial charge in [-0.15, -0.1) is 11.8 Å². The molecule has 8 rings (SSSR count). The molecule has 3 aromatic carbocycles. The number of aromatic amines is 1. The number of benzene rings is 3. The number of ether oxygens (including phenoxy) is 1. The van der Waals surface area contributed by atoms with Crippen LogP contribution < -0.4 is 19.8 Å². The fourth-order valence-corrected chi connectivity index (χ4v) is 11.2. The number of thioether (sulfide) groups is 1. The molecule has 14 heteroatoms. The van der Waals surface area contributed by atoms with Gasteiger partial charge in [-0.2, -0.15) is 13.2 Å². The molecule has 2 aliphatic carbocycles. The van der Waals surface area contributed by atoms with E-state index in [2.05, 4.69) is 10.3 Å². The standard InChI is InChI=1S/C34H25ClF3N3O5S2/c35-16-7-9-17(10-8-16)41-31(43)26-19-13-20(27(26)32(41)44)28-25(19)24(29-30(47-28)40-33(45)48-29)15-5-11-18(12-6-15)46-14-23(42)39-22-4-2-1-3-21(22)34(36,37)38/h1-12,19-20,24-28H,13-14H2,(H,39,42)(H,40,45)/t19-,20-,24+,25-,26+,27+,28-/m1/s1. The minimum atomic E-state index is -4.62. The molecule has 48 heavy (non-hydrogen) atoms. The highest BCUT2D eigenvalue weighted by Gasteiger charge is 2.69. The first-order valence-corrected chi connectivity index (χ1v) is 17.3. The van der Waals surface area contributed by atoms with E-state index in [1.54, 1.807) is 48.2 Å². The van der Waals surface area contributed by atoms with Gasteiger partial charge in [0.25, 0.3) is 5.91 Å². The highest BCUT2D eigenvalue weighted by Crippen LogP contribution is 2.68. The zero-order valence-electron chi connectivity index (χ0n) is 24.7. The largest absolute Gasteiger partial charge is 0.484 e. The van der Waals surface area contributed by atoms with Crippen molar-refractivity contribution in [2.24, 2.45) is 29.6 Å². The first kappa shape index (κ1) is 31.2. The Morgan fingerprint density at radius 2 is 1.65 bits per heavy atom. The van der Waals surface area contributed by atoms with Crippen molar-refractivity contribution >= 4 is 63.8 Å². The minimum absolute atomic E-state index is 0.00614. The van der Waals surface area contributed by atoms with Crippen LogP contribution in [-0.4, -0.2) is 34.6 Å². The number of H-pyrrole nitrogens is 1. The van der Waals surface area contributed by atoms with Crippen LogP contribution in [0, 0.1) is 29.6 Å². The molecule has 246 valence electrons.